The Bertz CT molecular complexity index is 1570. The third-order valence-electron chi connectivity index (χ3n) is 6.48. The number of carbonyl (C=O) groups is 1. The van der Waals surface area contributed by atoms with E-state index in [1.807, 2.05) is 0 Å². The smallest absolute Gasteiger partial charge is 0.431 e. The number of aromatic nitrogens is 4. The molecule has 0 amide bonds. The molecule has 194 valence electrons. The molecule has 2 aromatic heterocycles. The van der Waals surface area contributed by atoms with E-state index in [2.05, 4.69) is 10.3 Å². The summed E-state index contributed by atoms with van der Waals surface area (Å²) in [4.78, 5) is 44.2. The van der Waals surface area contributed by atoms with E-state index in [1.54, 1.807) is 35.2 Å². The number of nitrogens with zero attached hydrogens (tertiary/aromatic N) is 5. The van der Waals surface area contributed by atoms with Crippen LogP contribution < -0.4 is 21.5 Å². The Labute approximate surface area is 207 Å². The number of esters is 1. The van der Waals surface area contributed by atoms with Gasteiger partial charge in [0.1, 0.15) is 0 Å². The Hall–Kier alpha value is -4.13. The molecule has 5 rings (SSSR count). The number of hydrogen-bond donors (Lipinski definition) is 1. The van der Waals surface area contributed by atoms with Crippen LogP contribution in [-0.2, 0) is 23.6 Å². The fourth-order valence-electron chi connectivity index (χ4n) is 4.63. The predicted molar refractivity (Wildman–Crippen MR) is 129 cm³/mol. The van der Waals surface area contributed by atoms with Crippen LogP contribution in [0, 0.1) is 0 Å². The molecular formula is C24H23F3N6O4. The van der Waals surface area contributed by atoms with E-state index in [0.29, 0.717) is 31.6 Å². The number of carbonyl (C=O) groups excluding carboxylic acids is 1. The van der Waals surface area contributed by atoms with Crippen molar-refractivity contribution in [3.63, 3.8) is 0 Å². The fourth-order valence-corrected chi connectivity index (χ4v) is 4.63. The lowest BCUT2D eigenvalue weighted by molar-refractivity contribution is -0.206. The molecule has 0 spiro atoms. The standard InChI is InChI=1S/C24H23F3N6O4/c1-30-19-18(20(34)31(2)23(30)36)33(22(29-19)32-11-10-15-12-28-13-16(15)32)17(37-21(35)24(25,26)27)9-8-14-6-4-3-5-7-14/h3-9,17,28H,10-13H2,1-2H3/b9-8+. The molecule has 10 nitrogen and oxygen atoms in total. The molecule has 0 saturated carbocycles. The highest BCUT2D eigenvalue weighted by molar-refractivity contribution is 5.78. The average Bonchev–Trinajstić information content (AvgIpc) is 3.58. The highest BCUT2D eigenvalue weighted by Crippen LogP contribution is 2.35. The predicted octanol–water partition coefficient (Wildman–Crippen LogP) is 1.82. The number of alkyl halides is 3. The van der Waals surface area contributed by atoms with E-state index in [0.717, 1.165) is 25.0 Å². The van der Waals surface area contributed by atoms with Gasteiger partial charge >= 0.3 is 17.8 Å². The quantitative estimate of drug-likeness (QED) is 0.516. The Morgan fingerprint density at radius 2 is 1.86 bits per heavy atom. The summed E-state index contributed by atoms with van der Waals surface area (Å²) in [5, 5.41) is 3.22. The molecule has 1 atom stereocenters. The lowest BCUT2D eigenvalue weighted by Crippen LogP contribution is -2.38. The summed E-state index contributed by atoms with van der Waals surface area (Å²) in [6.45, 7) is 1.63. The SMILES string of the molecule is Cn1c(=O)c2c(nc(N3CCC4=C3CNC4)n2C(/C=C/c2ccccc2)OC(=O)C(F)(F)F)n(C)c1=O. The number of rotatable bonds is 5. The van der Waals surface area contributed by atoms with Gasteiger partial charge in [0.05, 0.1) is 0 Å². The minimum Gasteiger partial charge on any atom is -0.431 e. The molecule has 0 fully saturated rings. The molecule has 37 heavy (non-hydrogen) atoms. The number of ether oxygens (including phenoxy) is 1. The van der Waals surface area contributed by atoms with Crippen LogP contribution in [0.1, 0.15) is 18.2 Å². The zero-order valence-electron chi connectivity index (χ0n) is 20.0. The summed E-state index contributed by atoms with van der Waals surface area (Å²) >= 11 is 0. The molecule has 3 aromatic rings. The summed E-state index contributed by atoms with van der Waals surface area (Å²) in [7, 11) is 2.67. The van der Waals surface area contributed by atoms with E-state index in [-0.39, 0.29) is 17.1 Å². The van der Waals surface area contributed by atoms with Crippen molar-refractivity contribution in [2.24, 2.45) is 14.1 Å². The Balaban J connectivity index is 1.77. The van der Waals surface area contributed by atoms with Gasteiger partial charge < -0.3 is 15.0 Å². The van der Waals surface area contributed by atoms with Gasteiger partial charge in [-0.15, -0.1) is 0 Å². The van der Waals surface area contributed by atoms with Crippen LogP contribution in [-0.4, -0.2) is 50.5 Å². The number of aryl methyl sites for hydroxylation is 1. The van der Waals surface area contributed by atoms with Crippen LogP contribution >= 0.6 is 0 Å². The maximum atomic E-state index is 13.3. The maximum Gasteiger partial charge on any atom is 0.491 e. The van der Waals surface area contributed by atoms with Crippen LogP contribution in [0.25, 0.3) is 17.2 Å². The monoisotopic (exact) mass is 516 g/mol. The Morgan fingerprint density at radius 3 is 2.57 bits per heavy atom. The molecule has 0 radical (unpaired) electrons. The molecule has 0 aliphatic carbocycles. The summed E-state index contributed by atoms with van der Waals surface area (Å²) in [6.07, 6.45) is -3.53. The van der Waals surface area contributed by atoms with Crippen LogP contribution in [0.2, 0.25) is 0 Å². The van der Waals surface area contributed by atoms with E-state index < -0.39 is 29.6 Å². The van der Waals surface area contributed by atoms with Crippen LogP contribution in [0.15, 0.2) is 57.3 Å². The number of hydrogen-bond acceptors (Lipinski definition) is 7. The molecule has 2 aliphatic heterocycles. The van der Waals surface area contributed by atoms with E-state index in [1.165, 1.54) is 26.2 Å². The summed E-state index contributed by atoms with van der Waals surface area (Å²) in [5.74, 6) is -2.33. The minimum absolute atomic E-state index is 0.0377. The van der Waals surface area contributed by atoms with E-state index in [9.17, 15) is 27.6 Å². The van der Waals surface area contributed by atoms with Crippen molar-refractivity contribution in [3.05, 3.63) is 74.1 Å². The van der Waals surface area contributed by atoms with Gasteiger partial charge in [0.25, 0.3) is 5.56 Å². The molecule has 1 N–H and O–H groups in total. The number of benzene rings is 1. The third-order valence-corrected chi connectivity index (χ3v) is 6.48. The lowest BCUT2D eigenvalue weighted by Gasteiger charge is -2.25. The summed E-state index contributed by atoms with van der Waals surface area (Å²) in [6, 6.07) is 8.70. The zero-order valence-corrected chi connectivity index (χ0v) is 20.0. The van der Waals surface area contributed by atoms with Crippen molar-refractivity contribution >= 4 is 29.2 Å². The van der Waals surface area contributed by atoms with Crippen LogP contribution in [0.3, 0.4) is 0 Å². The second kappa shape index (κ2) is 9.07. The van der Waals surface area contributed by atoms with Gasteiger partial charge in [0.15, 0.2) is 11.2 Å². The van der Waals surface area contributed by atoms with Crippen molar-refractivity contribution in [3.8, 4) is 0 Å². The van der Waals surface area contributed by atoms with E-state index in [4.69, 9.17) is 4.74 Å². The first kappa shape index (κ1) is 24.6. The molecule has 2 aliphatic rings. The van der Waals surface area contributed by atoms with Crippen LogP contribution in [0.4, 0.5) is 19.1 Å². The number of nitrogens with one attached hydrogen (secondary N) is 1. The van der Waals surface area contributed by atoms with Crippen molar-refractivity contribution < 1.29 is 22.7 Å². The van der Waals surface area contributed by atoms with Gasteiger partial charge in [0, 0.05) is 39.4 Å². The molecule has 0 saturated heterocycles. The van der Waals surface area contributed by atoms with Gasteiger partial charge in [-0.05, 0) is 23.6 Å². The van der Waals surface area contributed by atoms with Crippen LogP contribution in [0.5, 0.6) is 0 Å². The van der Waals surface area contributed by atoms with Crippen molar-refractivity contribution in [2.45, 2.75) is 18.8 Å². The fraction of sp³-hybridized carbons (Fsp3) is 0.333. The molecule has 13 heteroatoms. The average molecular weight is 516 g/mol. The second-order valence-electron chi connectivity index (χ2n) is 8.78. The molecule has 0 bridgehead atoms. The maximum absolute atomic E-state index is 13.3. The number of halogens is 3. The van der Waals surface area contributed by atoms with Crippen molar-refractivity contribution in [1.29, 1.82) is 0 Å². The van der Waals surface area contributed by atoms with Crippen molar-refractivity contribution in [2.75, 3.05) is 24.5 Å². The largest absolute Gasteiger partial charge is 0.491 e. The lowest BCUT2D eigenvalue weighted by atomic mass is 10.2. The summed E-state index contributed by atoms with van der Waals surface area (Å²) in [5.41, 5.74) is 0.988. The minimum atomic E-state index is -5.27. The first-order chi connectivity index (χ1) is 17.6. The summed E-state index contributed by atoms with van der Waals surface area (Å²) < 4.78 is 48.0. The molecule has 1 unspecified atom stereocenters. The molecular weight excluding hydrogens is 493 g/mol. The Morgan fingerprint density at radius 1 is 1.14 bits per heavy atom. The van der Waals surface area contributed by atoms with Gasteiger partial charge in [-0.3, -0.25) is 18.5 Å². The van der Waals surface area contributed by atoms with Crippen molar-refractivity contribution in [1.82, 2.24) is 24.0 Å². The molecule has 4 heterocycles. The van der Waals surface area contributed by atoms with Gasteiger partial charge in [-0.1, -0.05) is 36.4 Å². The first-order valence-electron chi connectivity index (χ1n) is 11.5. The Kier molecular flexibility index (Phi) is 6.02. The first-order valence-corrected chi connectivity index (χ1v) is 11.5. The topological polar surface area (TPSA) is 103 Å². The number of anilines is 1. The second-order valence-corrected chi connectivity index (χ2v) is 8.78. The van der Waals surface area contributed by atoms with E-state index >= 15 is 0 Å². The van der Waals surface area contributed by atoms with Gasteiger partial charge in [0.2, 0.25) is 12.2 Å². The number of imidazole rings is 1. The third kappa shape index (κ3) is 4.24. The zero-order chi connectivity index (χ0) is 26.5. The van der Waals surface area contributed by atoms with Gasteiger partial charge in [-0.25, -0.2) is 9.59 Å². The number of fused-ring (bicyclic) bond motifs is 1. The normalized spacial score (nSPS) is 16.7. The van der Waals surface area contributed by atoms with Gasteiger partial charge in [-0.2, -0.15) is 18.2 Å². The highest BCUT2D eigenvalue weighted by Gasteiger charge is 2.43. The molecule has 1 aromatic carbocycles. The highest BCUT2D eigenvalue weighted by atomic mass is 19.4.